The van der Waals surface area contributed by atoms with Crippen LogP contribution in [0.2, 0.25) is 5.15 Å². The number of aromatic carboxylic acids is 1. The summed E-state index contributed by atoms with van der Waals surface area (Å²) in [5.41, 5.74) is 1.11. The Morgan fingerprint density at radius 1 is 1.28 bits per heavy atom. The highest BCUT2D eigenvalue weighted by atomic mass is 35.5. The second kappa shape index (κ2) is 8.23. The van der Waals surface area contributed by atoms with E-state index in [-0.39, 0.29) is 22.1 Å². The Morgan fingerprint density at radius 3 is 2.69 bits per heavy atom. The minimum absolute atomic E-state index is 0.0237. The van der Waals surface area contributed by atoms with Crippen molar-refractivity contribution in [1.82, 2.24) is 19.7 Å². The predicted octanol–water partition coefficient (Wildman–Crippen LogP) is 3.68. The number of amides is 1. The number of carboxylic acids is 1. The van der Waals surface area contributed by atoms with Crippen LogP contribution in [0.5, 0.6) is 0 Å². The minimum Gasteiger partial charge on any atom is -0.478 e. The molecule has 3 heterocycles. The van der Waals surface area contributed by atoms with Crippen molar-refractivity contribution in [2.24, 2.45) is 7.05 Å². The van der Waals surface area contributed by atoms with Crippen LogP contribution < -0.4 is 5.32 Å². The van der Waals surface area contributed by atoms with Gasteiger partial charge < -0.3 is 9.84 Å². The fourth-order valence-electron chi connectivity index (χ4n) is 2.53. The summed E-state index contributed by atoms with van der Waals surface area (Å²) in [6, 6.07) is 4.02. The van der Waals surface area contributed by atoms with Crippen LogP contribution in [0, 0.1) is 5.82 Å². The summed E-state index contributed by atoms with van der Waals surface area (Å²) in [5, 5.41) is 15.6. The van der Waals surface area contributed by atoms with E-state index in [1.165, 1.54) is 36.1 Å². The highest BCUT2D eigenvalue weighted by Crippen LogP contribution is 2.28. The molecule has 0 aliphatic rings. The second-order valence-corrected chi connectivity index (χ2v) is 6.33. The number of hydrogen-bond donors (Lipinski definition) is 2. The molecule has 3 aromatic heterocycles. The number of carboxylic acid groups (broad SMARTS) is 1. The molecular formula is C18H15ClFN5O4. The third kappa shape index (κ3) is 4.49. The van der Waals surface area contributed by atoms with Crippen LogP contribution in [-0.4, -0.2) is 36.9 Å². The van der Waals surface area contributed by atoms with Crippen LogP contribution in [0.4, 0.5) is 15.0 Å². The van der Waals surface area contributed by atoms with Crippen molar-refractivity contribution in [2.45, 2.75) is 13.0 Å². The van der Waals surface area contributed by atoms with Gasteiger partial charge in [-0.25, -0.2) is 19.0 Å². The molecule has 9 nitrogen and oxygen atoms in total. The molecule has 0 saturated heterocycles. The van der Waals surface area contributed by atoms with Gasteiger partial charge in [0, 0.05) is 18.8 Å². The summed E-state index contributed by atoms with van der Waals surface area (Å²) in [6.07, 6.45) is 1.94. The zero-order valence-electron chi connectivity index (χ0n) is 15.3. The molecule has 0 bridgehead atoms. The van der Waals surface area contributed by atoms with Crippen LogP contribution in [0.25, 0.3) is 11.3 Å². The van der Waals surface area contributed by atoms with E-state index in [2.05, 4.69) is 20.4 Å². The molecule has 3 rings (SSSR count). The lowest BCUT2D eigenvalue weighted by Gasteiger charge is -2.15. The largest absolute Gasteiger partial charge is 0.478 e. The summed E-state index contributed by atoms with van der Waals surface area (Å²) in [4.78, 5) is 31.1. The molecule has 2 N–H and O–H groups in total. The molecule has 1 unspecified atom stereocenters. The van der Waals surface area contributed by atoms with Gasteiger partial charge in [0.1, 0.15) is 22.9 Å². The number of ether oxygens (including phenoxy) is 1. The Labute approximate surface area is 169 Å². The van der Waals surface area contributed by atoms with Crippen LogP contribution in [-0.2, 0) is 11.8 Å². The van der Waals surface area contributed by atoms with E-state index in [1.807, 2.05) is 0 Å². The SMILES string of the molecule is CC(OC(=O)Nc1c(-c2ccc(C(=O)O)cn2)cnn1C)c1cc(F)cnc1Cl. The summed E-state index contributed by atoms with van der Waals surface area (Å²) >= 11 is 5.93. The molecule has 150 valence electrons. The van der Waals surface area contributed by atoms with Crippen molar-refractivity contribution < 1.29 is 23.8 Å². The molecule has 0 aliphatic heterocycles. The maximum atomic E-state index is 13.4. The number of nitrogens with zero attached hydrogens (tertiary/aromatic N) is 4. The zero-order chi connectivity index (χ0) is 21.1. The quantitative estimate of drug-likeness (QED) is 0.605. The number of aryl methyl sites for hydroxylation is 1. The van der Waals surface area contributed by atoms with E-state index < -0.39 is 24.0 Å². The van der Waals surface area contributed by atoms with E-state index in [0.717, 1.165) is 12.3 Å². The maximum Gasteiger partial charge on any atom is 0.413 e. The van der Waals surface area contributed by atoms with E-state index in [9.17, 15) is 14.0 Å². The van der Waals surface area contributed by atoms with Crippen LogP contribution in [0.3, 0.4) is 0 Å². The number of carbonyl (C=O) groups is 2. The van der Waals surface area contributed by atoms with Gasteiger partial charge in [0.05, 0.1) is 29.2 Å². The standard InChI is InChI=1S/C18H15ClFN5O4/c1-9(12-5-11(20)7-22-15(12)19)29-18(28)24-16-13(8-23-25(16)2)14-4-3-10(6-21-14)17(26)27/h3-9H,1-2H3,(H,24,28)(H,26,27). The molecule has 0 aromatic carbocycles. The molecule has 0 spiro atoms. The topological polar surface area (TPSA) is 119 Å². The van der Waals surface area contributed by atoms with Gasteiger partial charge in [0.25, 0.3) is 0 Å². The van der Waals surface area contributed by atoms with E-state index in [4.69, 9.17) is 21.4 Å². The third-order valence-electron chi connectivity index (χ3n) is 4.00. The first kappa shape index (κ1) is 20.2. The third-order valence-corrected chi connectivity index (χ3v) is 4.32. The fourth-order valence-corrected chi connectivity index (χ4v) is 2.78. The lowest BCUT2D eigenvalue weighted by atomic mass is 10.2. The number of nitrogens with one attached hydrogen (secondary N) is 1. The Hall–Kier alpha value is -3.53. The molecule has 0 aliphatic carbocycles. The Kier molecular flexibility index (Phi) is 5.74. The zero-order valence-corrected chi connectivity index (χ0v) is 16.0. The number of aromatic nitrogens is 4. The Balaban J connectivity index is 1.78. The summed E-state index contributed by atoms with van der Waals surface area (Å²) < 4.78 is 20.0. The number of pyridine rings is 2. The lowest BCUT2D eigenvalue weighted by molar-refractivity contribution is 0.0696. The average molecular weight is 420 g/mol. The highest BCUT2D eigenvalue weighted by Gasteiger charge is 2.20. The van der Waals surface area contributed by atoms with Gasteiger partial charge in [-0.3, -0.25) is 15.0 Å². The number of rotatable bonds is 5. The van der Waals surface area contributed by atoms with Gasteiger partial charge in [-0.05, 0) is 25.1 Å². The smallest absolute Gasteiger partial charge is 0.413 e. The highest BCUT2D eigenvalue weighted by molar-refractivity contribution is 6.30. The first-order chi connectivity index (χ1) is 13.8. The van der Waals surface area contributed by atoms with Gasteiger partial charge in [-0.15, -0.1) is 0 Å². The van der Waals surface area contributed by atoms with Gasteiger partial charge >= 0.3 is 12.1 Å². The van der Waals surface area contributed by atoms with Crippen molar-refractivity contribution in [1.29, 1.82) is 0 Å². The van der Waals surface area contributed by atoms with Crippen LogP contribution in [0.1, 0.15) is 28.9 Å². The van der Waals surface area contributed by atoms with Crippen molar-refractivity contribution in [3.63, 3.8) is 0 Å². The number of halogens is 2. The summed E-state index contributed by atoms with van der Waals surface area (Å²) in [7, 11) is 1.60. The monoisotopic (exact) mass is 419 g/mol. The first-order valence-corrected chi connectivity index (χ1v) is 8.64. The molecule has 29 heavy (non-hydrogen) atoms. The molecule has 11 heteroatoms. The van der Waals surface area contributed by atoms with Crippen molar-refractivity contribution in [3.8, 4) is 11.3 Å². The lowest BCUT2D eigenvalue weighted by Crippen LogP contribution is -2.18. The van der Waals surface area contributed by atoms with Crippen LogP contribution >= 0.6 is 11.6 Å². The predicted molar refractivity (Wildman–Crippen MR) is 101 cm³/mol. The van der Waals surface area contributed by atoms with E-state index in [1.54, 1.807) is 7.05 Å². The first-order valence-electron chi connectivity index (χ1n) is 8.26. The van der Waals surface area contributed by atoms with E-state index >= 15 is 0 Å². The minimum atomic E-state index is -1.10. The summed E-state index contributed by atoms with van der Waals surface area (Å²) in [5.74, 6) is -1.43. The maximum absolute atomic E-state index is 13.4. The molecule has 0 radical (unpaired) electrons. The number of carbonyl (C=O) groups excluding carboxylic acids is 1. The Morgan fingerprint density at radius 2 is 2.03 bits per heavy atom. The van der Waals surface area contributed by atoms with Crippen molar-refractivity contribution in [3.05, 3.63) is 58.9 Å². The van der Waals surface area contributed by atoms with Gasteiger partial charge in [0.2, 0.25) is 0 Å². The van der Waals surface area contributed by atoms with E-state index in [0.29, 0.717) is 11.3 Å². The molecule has 3 aromatic rings. The normalized spacial score (nSPS) is 11.7. The van der Waals surface area contributed by atoms with Gasteiger partial charge in [-0.1, -0.05) is 11.6 Å². The summed E-state index contributed by atoms with van der Waals surface area (Å²) in [6.45, 7) is 1.53. The second-order valence-electron chi connectivity index (χ2n) is 5.97. The van der Waals surface area contributed by atoms with Crippen LogP contribution in [0.15, 0.2) is 36.8 Å². The van der Waals surface area contributed by atoms with Crippen molar-refractivity contribution in [2.75, 3.05) is 5.32 Å². The molecule has 0 fully saturated rings. The Bertz CT molecular complexity index is 1070. The van der Waals surface area contributed by atoms with Gasteiger partial charge in [0.15, 0.2) is 0 Å². The van der Waals surface area contributed by atoms with Gasteiger partial charge in [-0.2, -0.15) is 5.10 Å². The fraction of sp³-hybridized carbons (Fsp3) is 0.167. The van der Waals surface area contributed by atoms with Crippen molar-refractivity contribution >= 4 is 29.5 Å². The molecular weight excluding hydrogens is 405 g/mol. The number of anilines is 1. The molecule has 1 atom stereocenters. The number of hydrogen-bond acceptors (Lipinski definition) is 6. The average Bonchev–Trinajstić information content (AvgIpc) is 3.04. The molecule has 0 saturated carbocycles. The molecule has 1 amide bonds.